The second-order valence-corrected chi connectivity index (χ2v) is 11.3. The summed E-state index contributed by atoms with van der Waals surface area (Å²) in [6, 6.07) is 1.81. The van der Waals surface area contributed by atoms with Gasteiger partial charge in [0.25, 0.3) is 7.52 Å². The molecule has 0 radical (unpaired) electrons. The van der Waals surface area contributed by atoms with Crippen LogP contribution < -0.4 is 5.09 Å². The molecule has 1 aliphatic carbocycles. The Kier molecular flexibility index (Phi) is 5.83. The predicted octanol–water partition coefficient (Wildman–Crippen LogP) is 5.57. The highest BCUT2D eigenvalue weighted by atomic mass is 32.1. The summed E-state index contributed by atoms with van der Waals surface area (Å²) in [5.74, 6) is -0.354. The van der Waals surface area contributed by atoms with Crippen molar-refractivity contribution < 1.29 is 19.0 Å². The summed E-state index contributed by atoms with van der Waals surface area (Å²) in [7, 11) is -1.69. The van der Waals surface area contributed by atoms with Crippen LogP contribution in [0.3, 0.4) is 0 Å². The molecule has 1 unspecified atom stereocenters. The maximum Gasteiger partial charge on any atom is 0.348 e. The molecule has 2 N–H and O–H groups in total. The molecule has 1 fully saturated rings. The van der Waals surface area contributed by atoms with Crippen LogP contribution in [0.2, 0.25) is 0 Å². The molecule has 0 aliphatic heterocycles. The molecule has 1 aromatic heterocycles. The van der Waals surface area contributed by atoms with E-state index in [0.717, 1.165) is 30.6 Å². The van der Waals surface area contributed by atoms with Crippen molar-refractivity contribution in [2.75, 3.05) is 12.2 Å². The number of rotatable bonds is 5. The van der Waals surface area contributed by atoms with Crippen molar-refractivity contribution in [2.24, 2.45) is 5.92 Å². The minimum absolute atomic E-state index is 0.0571. The quantitative estimate of drug-likeness (QED) is 0.660. The lowest BCUT2D eigenvalue weighted by Gasteiger charge is -2.32. The van der Waals surface area contributed by atoms with E-state index in [1.54, 1.807) is 0 Å². The predicted molar refractivity (Wildman–Crippen MR) is 99.6 cm³/mol. The molecule has 1 aliphatic rings. The molecular weight excluding hydrogens is 345 g/mol. The van der Waals surface area contributed by atoms with Crippen LogP contribution in [0, 0.1) is 5.92 Å². The Hall–Kier alpha value is -0.840. The average molecular weight is 373 g/mol. The van der Waals surface area contributed by atoms with Gasteiger partial charge < -0.3 is 14.7 Å². The van der Waals surface area contributed by atoms with Crippen LogP contribution in [0.1, 0.15) is 67.9 Å². The number of nitrogens with one attached hydrogen (secondary N) is 1. The minimum atomic E-state index is -3.14. The summed E-state index contributed by atoms with van der Waals surface area (Å²) in [6.45, 7) is 8.31. The monoisotopic (exact) mass is 373 g/mol. The first-order valence-electron chi connectivity index (χ1n) is 8.38. The molecule has 0 spiro atoms. The van der Waals surface area contributed by atoms with E-state index < -0.39 is 13.5 Å². The standard InChI is InChI=1S/C17H28NO4PS/c1-11-6-8-12(9-7-11)23(21,22-5)18-13-10-14(17(2,3)4)24-15(13)16(19)20/h10-12H,6-9H2,1-5H3,(H,18,21)(H,19,20). The lowest BCUT2D eigenvalue weighted by molar-refractivity contribution is 0.0703. The Morgan fingerprint density at radius 1 is 1.33 bits per heavy atom. The summed E-state index contributed by atoms with van der Waals surface area (Å²) in [4.78, 5) is 12.7. The highest BCUT2D eigenvalue weighted by Gasteiger charge is 2.37. The van der Waals surface area contributed by atoms with Crippen molar-refractivity contribution in [2.45, 2.75) is 64.5 Å². The van der Waals surface area contributed by atoms with Gasteiger partial charge in [-0.15, -0.1) is 11.3 Å². The number of carboxylic acid groups (broad SMARTS) is 1. The van der Waals surface area contributed by atoms with Crippen LogP contribution >= 0.6 is 18.9 Å². The van der Waals surface area contributed by atoms with Gasteiger partial charge in [-0.3, -0.25) is 4.57 Å². The first-order valence-corrected chi connectivity index (χ1v) is 10.9. The summed E-state index contributed by atoms with van der Waals surface area (Å²) >= 11 is 1.23. The Morgan fingerprint density at radius 3 is 2.38 bits per heavy atom. The maximum atomic E-state index is 13.3. The average Bonchev–Trinajstić information content (AvgIpc) is 2.91. The van der Waals surface area contributed by atoms with Gasteiger partial charge in [0.15, 0.2) is 0 Å². The van der Waals surface area contributed by atoms with E-state index in [0.29, 0.717) is 11.6 Å². The Bertz CT molecular complexity index is 642. The van der Waals surface area contributed by atoms with E-state index in [-0.39, 0.29) is 16.0 Å². The fourth-order valence-corrected chi connectivity index (χ4v) is 6.19. The highest BCUT2D eigenvalue weighted by Crippen LogP contribution is 2.57. The van der Waals surface area contributed by atoms with Crippen LogP contribution in [0.5, 0.6) is 0 Å². The molecule has 7 heteroatoms. The molecule has 2 rings (SSSR count). The van der Waals surface area contributed by atoms with E-state index in [1.807, 2.05) is 26.8 Å². The molecule has 1 saturated carbocycles. The third-order valence-corrected chi connectivity index (χ3v) is 8.80. The molecule has 0 bridgehead atoms. The molecule has 0 saturated heterocycles. The van der Waals surface area contributed by atoms with Gasteiger partial charge in [-0.25, -0.2) is 4.79 Å². The number of thiophene rings is 1. The van der Waals surface area contributed by atoms with Crippen molar-refractivity contribution in [3.05, 3.63) is 15.8 Å². The van der Waals surface area contributed by atoms with Crippen molar-refractivity contribution in [1.29, 1.82) is 0 Å². The maximum absolute atomic E-state index is 13.3. The minimum Gasteiger partial charge on any atom is -0.477 e. The third-order valence-electron chi connectivity index (χ3n) is 4.68. The first kappa shape index (κ1) is 19.5. The smallest absolute Gasteiger partial charge is 0.348 e. The van der Waals surface area contributed by atoms with E-state index >= 15 is 0 Å². The van der Waals surface area contributed by atoms with Gasteiger partial charge in [0.2, 0.25) is 0 Å². The first-order chi connectivity index (χ1) is 11.1. The molecule has 0 amide bonds. The number of aromatic carboxylic acids is 1. The van der Waals surface area contributed by atoms with Gasteiger partial charge in [0.05, 0.1) is 11.3 Å². The number of hydrogen-bond acceptors (Lipinski definition) is 4. The zero-order valence-electron chi connectivity index (χ0n) is 15.1. The van der Waals surface area contributed by atoms with Gasteiger partial charge in [0, 0.05) is 12.0 Å². The molecule has 24 heavy (non-hydrogen) atoms. The summed E-state index contributed by atoms with van der Waals surface area (Å²) in [6.07, 6.45) is 3.75. The summed E-state index contributed by atoms with van der Waals surface area (Å²) in [5.41, 5.74) is 0.200. The number of carbonyl (C=O) groups is 1. The van der Waals surface area contributed by atoms with Crippen molar-refractivity contribution in [3.63, 3.8) is 0 Å². The molecular formula is C17H28NO4PS. The lowest BCUT2D eigenvalue weighted by atomic mass is 9.91. The van der Waals surface area contributed by atoms with E-state index in [1.165, 1.54) is 18.4 Å². The van der Waals surface area contributed by atoms with Crippen LogP contribution in [0.15, 0.2) is 6.07 Å². The topological polar surface area (TPSA) is 75.6 Å². The largest absolute Gasteiger partial charge is 0.477 e. The zero-order valence-corrected chi connectivity index (χ0v) is 16.8. The van der Waals surface area contributed by atoms with E-state index in [2.05, 4.69) is 12.0 Å². The molecule has 1 atom stereocenters. The van der Waals surface area contributed by atoms with Gasteiger partial charge in [0.1, 0.15) is 4.88 Å². The van der Waals surface area contributed by atoms with E-state index in [9.17, 15) is 14.5 Å². The Balaban J connectivity index is 2.31. The number of carboxylic acids is 1. The molecule has 136 valence electrons. The third kappa shape index (κ3) is 4.22. The van der Waals surface area contributed by atoms with Crippen molar-refractivity contribution in [1.82, 2.24) is 0 Å². The Morgan fingerprint density at radius 2 is 1.92 bits per heavy atom. The molecule has 1 aromatic rings. The van der Waals surface area contributed by atoms with Gasteiger partial charge >= 0.3 is 5.97 Å². The normalized spacial score (nSPS) is 24.4. The fourth-order valence-electron chi connectivity index (χ4n) is 3.04. The van der Waals surface area contributed by atoms with Gasteiger partial charge in [-0.2, -0.15) is 0 Å². The second kappa shape index (κ2) is 7.19. The summed E-state index contributed by atoms with van der Waals surface area (Å²) < 4.78 is 18.7. The molecule has 5 nitrogen and oxygen atoms in total. The Labute approximate surface area is 148 Å². The number of anilines is 1. The van der Waals surface area contributed by atoms with Gasteiger partial charge in [-0.1, -0.05) is 27.7 Å². The second-order valence-electron chi connectivity index (χ2n) is 7.71. The zero-order chi connectivity index (χ0) is 18.1. The highest BCUT2D eigenvalue weighted by molar-refractivity contribution is 7.61. The van der Waals surface area contributed by atoms with Gasteiger partial charge in [-0.05, 0) is 43.1 Å². The molecule has 1 heterocycles. The molecule has 0 aromatic carbocycles. The van der Waals surface area contributed by atoms with Crippen LogP contribution in [-0.2, 0) is 14.5 Å². The fraction of sp³-hybridized carbons (Fsp3) is 0.706. The lowest BCUT2D eigenvalue weighted by Crippen LogP contribution is -2.22. The van der Waals surface area contributed by atoms with Crippen LogP contribution in [0.4, 0.5) is 5.69 Å². The SMILES string of the molecule is COP(=O)(Nc1cc(C(C)(C)C)sc1C(=O)O)C1CCC(C)CC1. The van der Waals surface area contributed by atoms with Crippen LogP contribution in [0.25, 0.3) is 0 Å². The van der Waals surface area contributed by atoms with Crippen LogP contribution in [-0.4, -0.2) is 23.8 Å². The summed E-state index contributed by atoms with van der Waals surface area (Å²) in [5, 5.41) is 12.5. The van der Waals surface area contributed by atoms with E-state index in [4.69, 9.17) is 4.52 Å². The number of hydrogen-bond donors (Lipinski definition) is 2. The van der Waals surface area contributed by atoms with Crippen molar-refractivity contribution in [3.8, 4) is 0 Å². The van der Waals surface area contributed by atoms with Crippen molar-refractivity contribution >= 4 is 30.5 Å².